The van der Waals surface area contributed by atoms with Crippen LogP contribution in [0.2, 0.25) is 0 Å². The van der Waals surface area contributed by atoms with E-state index in [1.54, 1.807) is 7.11 Å². The zero-order valence-corrected chi connectivity index (χ0v) is 18.6. The summed E-state index contributed by atoms with van der Waals surface area (Å²) in [6.45, 7) is 5.29. The van der Waals surface area contributed by atoms with E-state index >= 15 is 0 Å². The third kappa shape index (κ3) is 3.30. The molecule has 2 N–H and O–H groups in total. The van der Waals surface area contributed by atoms with Crippen molar-refractivity contribution < 1.29 is 4.74 Å². The second kappa shape index (κ2) is 7.48. The van der Waals surface area contributed by atoms with E-state index in [9.17, 15) is 0 Å². The molecule has 0 unspecified atom stereocenters. The van der Waals surface area contributed by atoms with Crippen LogP contribution in [0.25, 0.3) is 11.1 Å². The van der Waals surface area contributed by atoms with Gasteiger partial charge in [0.2, 0.25) is 11.8 Å². The van der Waals surface area contributed by atoms with E-state index in [0.717, 1.165) is 41.9 Å². The summed E-state index contributed by atoms with van der Waals surface area (Å²) >= 11 is 0. The Hall–Kier alpha value is -3.13. The molecule has 1 aliphatic carbocycles. The lowest BCUT2D eigenvalue weighted by Gasteiger charge is -2.47. The fraction of sp³-hybridized carbons (Fsp3) is 0.458. The average molecular weight is 432 g/mol. The van der Waals surface area contributed by atoms with Gasteiger partial charge in [-0.1, -0.05) is 0 Å². The van der Waals surface area contributed by atoms with Gasteiger partial charge < -0.3 is 20.3 Å². The minimum atomic E-state index is 0.413. The Balaban J connectivity index is 1.26. The zero-order valence-electron chi connectivity index (χ0n) is 18.6. The van der Waals surface area contributed by atoms with Gasteiger partial charge in [0.25, 0.3) is 0 Å². The first-order chi connectivity index (χ1) is 15.6. The maximum Gasteiger partial charge on any atom is 0.244 e. The number of aliphatic imine (C=N–C) groups is 1. The minimum absolute atomic E-state index is 0.413. The zero-order chi connectivity index (χ0) is 21.7. The van der Waals surface area contributed by atoms with Crippen LogP contribution in [0.4, 0.5) is 5.95 Å². The van der Waals surface area contributed by atoms with E-state index < -0.39 is 0 Å². The molecule has 8 heteroatoms. The number of hydrogen-bond acceptors (Lipinski definition) is 7. The Morgan fingerprint density at radius 3 is 2.81 bits per heavy atom. The minimum Gasteiger partial charge on any atom is -0.479 e. The predicted octanol–water partition coefficient (Wildman–Crippen LogP) is 3.21. The van der Waals surface area contributed by atoms with Crippen molar-refractivity contribution in [1.29, 1.82) is 0 Å². The number of methoxy groups -OCH3 is 1. The molecule has 1 saturated carbocycles. The van der Waals surface area contributed by atoms with Crippen molar-refractivity contribution >= 4 is 22.9 Å². The second-order valence-electron chi connectivity index (χ2n) is 9.50. The standard InChI is InChI=1S/C24H29N7O/c1-16-11-26-20-4-3-17(13-30(20)12-16)19-7-10-31-21(19)22(32-2)28-23(29-31)27-18-5-8-24(9-6-18)14-25-15-24/h3-4,7,10-11,13,18,25H,5-6,8-9,12,14-15H2,1-2H3,(H,27,29). The van der Waals surface area contributed by atoms with Crippen LogP contribution in [-0.2, 0) is 0 Å². The van der Waals surface area contributed by atoms with Crippen molar-refractivity contribution in [3.05, 3.63) is 48.0 Å². The lowest BCUT2D eigenvalue weighted by atomic mass is 9.68. The molecule has 0 radical (unpaired) electrons. The molecule has 2 aromatic rings. The molecule has 5 heterocycles. The van der Waals surface area contributed by atoms with Crippen LogP contribution in [0.15, 0.2) is 47.4 Å². The molecule has 166 valence electrons. The summed E-state index contributed by atoms with van der Waals surface area (Å²) in [6.07, 6.45) is 15.1. The predicted molar refractivity (Wildman–Crippen MR) is 126 cm³/mol. The Morgan fingerprint density at radius 2 is 2.06 bits per heavy atom. The first kappa shape index (κ1) is 19.5. The lowest BCUT2D eigenvalue weighted by Crippen LogP contribution is -2.55. The number of ether oxygens (including phenoxy) is 1. The van der Waals surface area contributed by atoms with Crippen LogP contribution < -0.4 is 15.4 Å². The summed E-state index contributed by atoms with van der Waals surface area (Å²) in [7, 11) is 1.67. The molecule has 0 amide bonds. The molecule has 6 rings (SSSR count). The fourth-order valence-electron chi connectivity index (χ4n) is 5.24. The number of anilines is 1. The van der Waals surface area contributed by atoms with Gasteiger partial charge in [-0.05, 0) is 61.8 Å². The Kier molecular flexibility index (Phi) is 4.57. The maximum atomic E-state index is 5.71. The molecule has 0 bridgehead atoms. The van der Waals surface area contributed by atoms with Crippen LogP contribution in [0.5, 0.6) is 5.88 Å². The largest absolute Gasteiger partial charge is 0.479 e. The summed E-state index contributed by atoms with van der Waals surface area (Å²) in [5.74, 6) is 2.18. The van der Waals surface area contributed by atoms with Gasteiger partial charge in [0.15, 0.2) is 0 Å². The van der Waals surface area contributed by atoms with Crippen molar-refractivity contribution in [2.75, 3.05) is 32.1 Å². The number of nitrogens with zero attached hydrogens (tertiary/aromatic N) is 5. The van der Waals surface area contributed by atoms with Crippen molar-refractivity contribution in [3.8, 4) is 5.88 Å². The van der Waals surface area contributed by atoms with Gasteiger partial charge in [-0.3, -0.25) is 0 Å². The first-order valence-electron chi connectivity index (χ1n) is 11.4. The smallest absolute Gasteiger partial charge is 0.244 e. The molecular weight excluding hydrogens is 402 g/mol. The SMILES string of the molecule is COc1nc(NC2CCC3(CC2)CNC3)nn2ccc(C3=CN4CC(C)=CN=C4C=C3)c12. The highest BCUT2D eigenvalue weighted by Crippen LogP contribution is 2.40. The summed E-state index contributed by atoms with van der Waals surface area (Å²) in [5, 5.41) is 11.8. The van der Waals surface area contributed by atoms with E-state index in [4.69, 9.17) is 14.8 Å². The number of amidine groups is 1. The van der Waals surface area contributed by atoms with Gasteiger partial charge in [0.05, 0.1) is 7.11 Å². The van der Waals surface area contributed by atoms with Gasteiger partial charge in [-0.2, -0.15) is 4.98 Å². The van der Waals surface area contributed by atoms with Crippen molar-refractivity contribution in [3.63, 3.8) is 0 Å². The first-order valence-corrected chi connectivity index (χ1v) is 11.4. The number of nitrogens with one attached hydrogen (secondary N) is 2. The van der Waals surface area contributed by atoms with Crippen LogP contribution in [0.1, 0.15) is 38.2 Å². The summed E-state index contributed by atoms with van der Waals surface area (Å²) in [6, 6.07) is 2.49. The summed E-state index contributed by atoms with van der Waals surface area (Å²) in [4.78, 5) is 11.4. The molecule has 32 heavy (non-hydrogen) atoms. The molecule has 2 fully saturated rings. The van der Waals surface area contributed by atoms with Gasteiger partial charge in [-0.25, -0.2) is 9.51 Å². The summed E-state index contributed by atoms with van der Waals surface area (Å²) in [5.41, 5.74) is 4.80. The van der Waals surface area contributed by atoms with Crippen LogP contribution in [0.3, 0.4) is 0 Å². The Morgan fingerprint density at radius 1 is 1.22 bits per heavy atom. The van der Waals surface area contributed by atoms with E-state index in [0.29, 0.717) is 23.3 Å². The van der Waals surface area contributed by atoms with E-state index in [2.05, 4.69) is 51.9 Å². The molecule has 0 atom stereocenters. The normalized spacial score (nSPS) is 22.2. The maximum absolute atomic E-state index is 5.71. The molecule has 1 spiro atoms. The van der Waals surface area contributed by atoms with Crippen molar-refractivity contribution in [2.45, 2.75) is 38.6 Å². The van der Waals surface area contributed by atoms with Crippen molar-refractivity contribution in [2.24, 2.45) is 10.4 Å². The van der Waals surface area contributed by atoms with Gasteiger partial charge in [-0.15, -0.1) is 5.10 Å². The molecule has 0 aromatic carbocycles. The van der Waals surface area contributed by atoms with Crippen LogP contribution >= 0.6 is 0 Å². The quantitative estimate of drug-likeness (QED) is 0.774. The van der Waals surface area contributed by atoms with Gasteiger partial charge in [0.1, 0.15) is 11.4 Å². The Bertz CT molecular complexity index is 1170. The number of fused-ring (bicyclic) bond motifs is 2. The molecule has 1 saturated heterocycles. The van der Waals surface area contributed by atoms with Crippen LogP contribution in [0, 0.1) is 5.41 Å². The van der Waals surface area contributed by atoms with E-state index in [1.807, 2.05) is 16.9 Å². The van der Waals surface area contributed by atoms with E-state index in [1.165, 1.54) is 31.5 Å². The van der Waals surface area contributed by atoms with E-state index in [-0.39, 0.29) is 0 Å². The average Bonchev–Trinajstić information content (AvgIpc) is 3.21. The molecule has 8 nitrogen and oxygen atoms in total. The molecular formula is C24H29N7O. The topological polar surface area (TPSA) is 79.1 Å². The highest BCUT2D eigenvalue weighted by atomic mass is 16.5. The van der Waals surface area contributed by atoms with Gasteiger partial charge in [0, 0.05) is 55.4 Å². The van der Waals surface area contributed by atoms with Crippen molar-refractivity contribution in [1.82, 2.24) is 24.8 Å². The lowest BCUT2D eigenvalue weighted by molar-refractivity contribution is 0.101. The number of hydrogen-bond donors (Lipinski definition) is 2. The molecule has 4 aliphatic rings. The third-order valence-electron chi connectivity index (χ3n) is 7.20. The fourth-order valence-corrected chi connectivity index (χ4v) is 5.24. The Labute approximate surface area is 187 Å². The highest BCUT2D eigenvalue weighted by Gasteiger charge is 2.40. The monoisotopic (exact) mass is 431 g/mol. The number of aromatic nitrogens is 3. The highest BCUT2D eigenvalue weighted by molar-refractivity contribution is 6.02. The third-order valence-corrected chi connectivity index (χ3v) is 7.20. The number of allylic oxidation sites excluding steroid dienone is 2. The molecule has 3 aliphatic heterocycles. The summed E-state index contributed by atoms with van der Waals surface area (Å²) < 4.78 is 7.59. The van der Waals surface area contributed by atoms with Crippen LogP contribution in [-0.4, -0.2) is 58.1 Å². The molecule has 2 aromatic heterocycles. The number of rotatable bonds is 4. The van der Waals surface area contributed by atoms with Gasteiger partial charge >= 0.3 is 0 Å². The second-order valence-corrected chi connectivity index (χ2v) is 9.50.